The van der Waals surface area contributed by atoms with Crippen LogP contribution < -0.4 is 0 Å². The molecule has 1 saturated heterocycles. The molecule has 1 aliphatic heterocycles. The summed E-state index contributed by atoms with van der Waals surface area (Å²) in [5, 5.41) is 15.9. The van der Waals surface area contributed by atoms with Crippen LogP contribution in [0.2, 0.25) is 0 Å². The maximum Gasteiger partial charge on any atom is 0.392 e. The van der Waals surface area contributed by atoms with Gasteiger partial charge in [0.2, 0.25) is 0 Å². The third-order valence-corrected chi connectivity index (χ3v) is 5.23. The molecule has 140 valence electrons. The number of hydrogen-bond donors (Lipinski definition) is 1. The van der Waals surface area contributed by atoms with Crippen molar-refractivity contribution in [1.29, 1.82) is 0 Å². The van der Waals surface area contributed by atoms with Gasteiger partial charge in [-0.3, -0.25) is 0 Å². The average Bonchev–Trinajstić information content (AvgIpc) is 2.98. The Bertz CT molecular complexity index is 848. The molecule has 4 rings (SSSR count). The third-order valence-electron chi connectivity index (χ3n) is 5.23. The summed E-state index contributed by atoms with van der Waals surface area (Å²) in [7, 11) is 0. The van der Waals surface area contributed by atoms with E-state index in [0.29, 0.717) is 25.0 Å². The normalized spacial score (nSPS) is 21.7. The van der Waals surface area contributed by atoms with Crippen LogP contribution in [0.25, 0.3) is 16.7 Å². The van der Waals surface area contributed by atoms with Crippen LogP contribution in [0.3, 0.4) is 0 Å². The van der Waals surface area contributed by atoms with E-state index in [-0.39, 0.29) is 24.0 Å². The number of ether oxygens (including phenoxy) is 1. The quantitative estimate of drug-likeness (QED) is 0.785. The van der Waals surface area contributed by atoms with Gasteiger partial charge in [0, 0.05) is 17.6 Å². The fraction of sp³-hybridized carbons (Fsp3) is 0.526. The van der Waals surface area contributed by atoms with Gasteiger partial charge in [-0.1, -0.05) is 0 Å². The number of nitrogens with zero attached hydrogens (tertiary/aromatic N) is 2. The lowest BCUT2D eigenvalue weighted by molar-refractivity contribution is -0.127. The summed E-state index contributed by atoms with van der Waals surface area (Å²) in [6.45, 7) is 0.710. The second-order valence-electron chi connectivity index (χ2n) is 7.03. The van der Waals surface area contributed by atoms with Crippen LogP contribution in [0.15, 0.2) is 23.9 Å². The Morgan fingerprint density at radius 2 is 2.04 bits per heavy atom. The minimum Gasteiger partial charge on any atom is -0.507 e. The monoisotopic (exact) mass is 366 g/mol. The molecule has 0 spiro atoms. The number of allylic oxidation sites excluding steroid dienone is 1. The summed E-state index contributed by atoms with van der Waals surface area (Å²) in [6, 6.07) is 3.54. The van der Waals surface area contributed by atoms with Gasteiger partial charge in [-0.2, -0.15) is 18.3 Å². The van der Waals surface area contributed by atoms with Crippen molar-refractivity contribution < 1.29 is 23.0 Å². The maximum absolute atomic E-state index is 12.8. The van der Waals surface area contributed by atoms with Crippen LogP contribution in [-0.4, -0.2) is 27.7 Å². The van der Waals surface area contributed by atoms with Crippen molar-refractivity contribution in [1.82, 2.24) is 9.78 Å². The lowest BCUT2D eigenvalue weighted by Gasteiger charge is -2.23. The molecule has 1 aromatic carbocycles. The van der Waals surface area contributed by atoms with E-state index in [1.807, 2.05) is 10.7 Å². The number of benzene rings is 1. The minimum absolute atomic E-state index is 0.0682. The van der Waals surface area contributed by atoms with Crippen molar-refractivity contribution in [2.45, 2.75) is 57.3 Å². The van der Waals surface area contributed by atoms with Gasteiger partial charge in [-0.05, 0) is 61.8 Å². The Labute approximate surface area is 149 Å². The van der Waals surface area contributed by atoms with Gasteiger partial charge in [-0.15, -0.1) is 0 Å². The second kappa shape index (κ2) is 6.61. The second-order valence-corrected chi connectivity index (χ2v) is 7.03. The number of halogens is 3. The highest BCUT2D eigenvalue weighted by Gasteiger charge is 2.32. The molecule has 1 unspecified atom stereocenters. The molecule has 0 bridgehead atoms. The lowest BCUT2D eigenvalue weighted by atomic mass is 9.99. The van der Waals surface area contributed by atoms with E-state index in [0.717, 1.165) is 35.7 Å². The van der Waals surface area contributed by atoms with Crippen LogP contribution in [0, 0.1) is 0 Å². The first-order chi connectivity index (χ1) is 12.4. The number of fused-ring (bicyclic) bond motifs is 3. The number of hydrogen-bond acceptors (Lipinski definition) is 3. The van der Waals surface area contributed by atoms with Gasteiger partial charge in [0.15, 0.2) is 6.23 Å². The molecule has 1 atom stereocenters. The molecule has 1 fully saturated rings. The van der Waals surface area contributed by atoms with E-state index >= 15 is 0 Å². The summed E-state index contributed by atoms with van der Waals surface area (Å²) in [4.78, 5) is 0. The third kappa shape index (κ3) is 3.20. The smallest absolute Gasteiger partial charge is 0.392 e. The zero-order valence-electron chi connectivity index (χ0n) is 14.4. The molecule has 2 aromatic rings. The molecular weight excluding hydrogens is 345 g/mol. The summed E-state index contributed by atoms with van der Waals surface area (Å²) in [6.07, 6.45) is 0.737. The van der Waals surface area contributed by atoms with Gasteiger partial charge in [-0.25, -0.2) is 4.68 Å². The predicted octanol–water partition coefficient (Wildman–Crippen LogP) is 5.29. The van der Waals surface area contributed by atoms with E-state index in [1.54, 1.807) is 12.3 Å². The van der Waals surface area contributed by atoms with Crippen molar-refractivity contribution in [2.75, 3.05) is 6.61 Å². The van der Waals surface area contributed by atoms with Crippen molar-refractivity contribution in [3.8, 4) is 0 Å². The van der Waals surface area contributed by atoms with E-state index in [4.69, 9.17) is 4.74 Å². The zero-order valence-corrected chi connectivity index (χ0v) is 14.4. The number of alkyl halides is 3. The highest BCUT2D eigenvalue weighted by molar-refractivity contribution is 5.87. The van der Waals surface area contributed by atoms with Crippen molar-refractivity contribution >= 4 is 16.7 Å². The van der Waals surface area contributed by atoms with Gasteiger partial charge < -0.3 is 9.84 Å². The molecule has 1 N–H and O–H groups in total. The molecule has 0 radical (unpaired) electrons. The van der Waals surface area contributed by atoms with Crippen LogP contribution in [-0.2, 0) is 11.2 Å². The number of rotatable bonds is 2. The van der Waals surface area contributed by atoms with Crippen molar-refractivity contribution in [3.63, 3.8) is 0 Å². The first-order valence-corrected chi connectivity index (χ1v) is 9.03. The van der Waals surface area contributed by atoms with Gasteiger partial charge in [0.1, 0.15) is 5.76 Å². The summed E-state index contributed by atoms with van der Waals surface area (Å²) in [5.74, 6) is -0.224. The molecule has 1 aromatic heterocycles. The molecule has 2 aliphatic rings. The number of aromatic nitrogens is 2. The lowest BCUT2D eigenvalue weighted by Crippen LogP contribution is -2.19. The molecular formula is C19H21F3N2O2. The highest BCUT2D eigenvalue weighted by atomic mass is 19.4. The molecule has 26 heavy (non-hydrogen) atoms. The fourth-order valence-corrected chi connectivity index (χ4v) is 4.02. The SMILES string of the molecule is OC1=C(CC(F)(F)F)CCCc2c1ccc1c2cnn1C1CCCCO1. The fourth-order valence-electron chi connectivity index (χ4n) is 4.02. The van der Waals surface area contributed by atoms with E-state index in [9.17, 15) is 18.3 Å². The number of aliphatic hydroxyl groups excluding tert-OH is 1. The highest BCUT2D eigenvalue weighted by Crippen LogP contribution is 2.38. The Hall–Kier alpha value is -2.02. The van der Waals surface area contributed by atoms with E-state index in [2.05, 4.69) is 5.10 Å². The Kier molecular flexibility index (Phi) is 4.42. The molecule has 1 aliphatic carbocycles. The molecule has 0 amide bonds. The van der Waals surface area contributed by atoms with Crippen LogP contribution >= 0.6 is 0 Å². The number of aryl methyl sites for hydroxylation is 1. The van der Waals surface area contributed by atoms with Crippen molar-refractivity contribution in [3.05, 3.63) is 35.0 Å². The molecule has 2 heterocycles. The van der Waals surface area contributed by atoms with Crippen LogP contribution in [0.5, 0.6) is 0 Å². The van der Waals surface area contributed by atoms with E-state index in [1.165, 1.54) is 0 Å². The first-order valence-electron chi connectivity index (χ1n) is 9.03. The Morgan fingerprint density at radius 1 is 1.19 bits per heavy atom. The summed E-state index contributed by atoms with van der Waals surface area (Å²) in [5.41, 5.74) is 2.35. The van der Waals surface area contributed by atoms with Crippen LogP contribution in [0.4, 0.5) is 13.2 Å². The minimum atomic E-state index is -4.32. The van der Waals surface area contributed by atoms with Crippen LogP contribution in [0.1, 0.15) is 55.9 Å². The first kappa shape index (κ1) is 17.4. The molecule has 4 nitrogen and oxygen atoms in total. The topological polar surface area (TPSA) is 47.3 Å². The standard InChI is InChI=1S/C19H21F3N2O2/c20-19(21,22)10-12-4-3-5-13-14(18(12)25)7-8-16-15(13)11-23-24(16)17-6-1-2-9-26-17/h7-8,11,17,25H,1-6,9-10H2. The van der Waals surface area contributed by atoms with E-state index < -0.39 is 12.6 Å². The summed E-state index contributed by atoms with van der Waals surface area (Å²) >= 11 is 0. The largest absolute Gasteiger partial charge is 0.507 e. The maximum atomic E-state index is 12.8. The van der Waals surface area contributed by atoms with Crippen molar-refractivity contribution in [2.24, 2.45) is 0 Å². The average molecular weight is 366 g/mol. The number of aliphatic hydroxyl groups is 1. The van der Waals surface area contributed by atoms with Gasteiger partial charge in [0.05, 0.1) is 18.1 Å². The summed E-state index contributed by atoms with van der Waals surface area (Å²) < 4.78 is 46.1. The molecule has 0 saturated carbocycles. The molecule has 7 heteroatoms. The van der Waals surface area contributed by atoms with Gasteiger partial charge in [0.25, 0.3) is 0 Å². The Balaban J connectivity index is 1.77. The predicted molar refractivity (Wildman–Crippen MR) is 91.7 cm³/mol. The van der Waals surface area contributed by atoms with Gasteiger partial charge >= 0.3 is 6.18 Å². The zero-order chi connectivity index (χ0) is 18.3. The Morgan fingerprint density at radius 3 is 2.77 bits per heavy atom.